The van der Waals surface area contributed by atoms with Crippen molar-refractivity contribution >= 4 is 0 Å². The zero-order valence-electron chi connectivity index (χ0n) is 11.3. The Balaban J connectivity index is 2.57. The zero-order chi connectivity index (χ0) is 15.5. The molecule has 1 N–H and O–H groups in total. The first kappa shape index (κ1) is 15.4. The van der Waals surface area contributed by atoms with E-state index in [9.17, 15) is 17.6 Å². The van der Waals surface area contributed by atoms with Crippen molar-refractivity contribution in [2.75, 3.05) is 6.54 Å². The molecule has 1 heterocycles. The van der Waals surface area contributed by atoms with Gasteiger partial charge in [0.2, 0.25) is 0 Å². The number of aromatic nitrogens is 1. The van der Waals surface area contributed by atoms with Gasteiger partial charge >= 0.3 is 6.18 Å². The van der Waals surface area contributed by atoms with Crippen molar-refractivity contribution in [2.45, 2.75) is 19.1 Å². The van der Waals surface area contributed by atoms with E-state index in [1.165, 1.54) is 18.2 Å². The average molecular weight is 298 g/mol. The first-order chi connectivity index (χ1) is 9.95. The molecule has 1 atom stereocenters. The molecule has 0 amide bonds. The summed E-state index contributed by atoms with van der Waals surface area (Å²) in [7, 11) is 0. The van der Waals surface area contributed by atoms with E-state index in [-0.39, 0.29) is 11.1 Å². The van der Waals surface area contributed by atoms with Gasteiger partial charge in [-0.15, -0.1) is 0 Å². The van der Waals surface area contributed by atoms with Crippen LogP contribution in [0.1, 0.15) is 29.7 Å². The molecule has 0 radical (unpaired) electrons. The van der Waals surface area contributed by atoms with Gasteiger partial charge in [0.15, 0.2) is 0 Å². The molecule has 1 aromatic heterocycles. The fraction of sp³-hybridized carbons (Fsp3) is 0.267. The van der Waals surface area contributed by atoms with Gasteiger partial charge in [-0.2, -0.15) is 13.2 Å². The minimum atomic E-state index is -4.52. The van der Waals surface area contributed by atoms with Crippen LogP contribution in [0.25, 0.3) is 0 Å². The summed E-state index contributed by atoms with van der Waals surface area (Å²) in [6.07, 6.45) is -2.31. The maximum atomic E-state index is 13.9. The van der Waals surface area contributed by atoms with Crippen LogP contribution >= 0.6 is 0 Å². The number of halogens is 4. The SMILES string of the molecule is CCNC(c1ccccc1F)c1cnccc1C(F)(F)F. The van der Waals surface area contributed by atoms with E-state index in [0.29, 0.717) is 6.54 Å². The van der Waals surface area contributed by atoms with E-state index in [4.69, 9.17) is 0 Å². The van der Waals surface area contributed by atoms with Crippen LogP contribution in [0.3, 0.4) is 0 Å². The van der Waals surface area contributed by atoms with Crippen LogP contribution in [-0.2, 0) is 6.18 Å². The number of pyridine rings is 1. The molecule has 0 aliphatic heterocycles. The second-order valence-corrected chi connectivity index (χ2v) is 4.47. The van der Waals surface area contributed by atoms with Crippen LogP contribution in [0, 0.1) is 5.82 Å². The van der Waals surface area contributed by atoms with Crippen molar-refractivity contribution in [3.63, 3.8) is 0 Å². The number of nitrogens with zero attached hydrogens (tertiary/aromatic N) is 1. The summed E-state index contributed by atoms with van der Waals surface area (Å²) in [5, 5.41) is 2.89. The summed E-state index contributed by atoms with van der Waals surface area (Å²) in [4.78, 5) is 3.75. The van der Waals surface area contributed by atoms with Gasteiger partial charge in [0.1, 0.15) is 5.82 Å². The van der Waals surface area contributed by atoms with Crippen LogP contribution in [-0.4, -0.2) is 11.5 Å². The molecule has 0 spiro atoms. The third kappa shape index (κ3) is 3.39. The van der Waals surface area contributed by atoms with Crippen LogP contribution in [0.15, 0.2) is 42.7 Å². The lowest BCUT2D eigenvalue weighted by Crippen LogP contribution is -2.26. The number of benzene rings is 1. The molecule has 2 rings (SSSR count). The molecule has 2 nitrogen and oxygen atoms in total. The summed E-state index contributed by atoms with van der Waals surface area (Å²) < 4.78 is 53.3. The fourth-order valence-corrected chi connectivity index (χ4v) is 2.20. The molecule has 1 unspecified atom stereocenters. The summed E-state index contributed by atoms with van der Waals surface area (Å²) >= 11 is 0. The summed E-state index contributed by atoms with van der Waals surface area (Å²) in [5.41, 5.74) is -0.735. The Hall–Kier alpha value is -1.95. The fourth-order valence-electron chi connectivity index (χ4n) is 2.20. The first-order valence-corrected chi connectivity index (χ1v) is 6.44. The van der Waals surface area contributed by atoms with Gasteiger partial charge in [0, 0.05) is 23.5 Å². The third-order valence-electron chi connectivity index (χ3n) is 3.09. The lowest BCUT2D eigenvalue weighted by molar-refractivity contribution is -0.138. The van der Waals surface area contributed by atoms with E-state index in [0.717, 1.165) is 18.5 Å². The third-order valence-corrected chi connectivity index (χ3v) is 3.09. The summed E-state index contributed by atoms with van der Waals surface area (Å²) in [6.45, 7) is 2.14. The molecular weight excluding hydrogens is 284 g/mol. The molecular formula is C15H14F4N2. The topological polar surface area (TPSA) is 24.9 Å². The quantitative estimate of drug-likeness (QED) is 0.865. The Morgan fingerprint density at radius 1 is 1.14 bits per heavy atom. The number of nitrogens with one attached hydrogen (secondary N) is 1. The normalized spacial score (nSPS) is 13.2. The molecule has 6 heteroatoms. The smallest absolute Gasteiger partial charge is 0.306 e. The van der Waals surface area contributed by atoms with Gasteiger partial charge in [0.25, 0.3) is 0 Å². The number of hydrogen-bond donors (Lipinski definition) is 1. The highest BCUT2D eigenvalue weighted by Gasteiger charge is 2.36. The molecule has 0 aliphatic rings. The van der Waals surface area contributed by atoms with Crippen LogP contribution in [0.2, 0.25) is 0 Å². The predicted octanol–water partition coefficient (Wildman–Crippen LogP) is 3.94. The molecule has 21 heavy (non-hydrogen) atoms. The number of rotatable bonds is 4. The Bertz CT molecular complexity index is 611. The molecule has 2 aromatic rings. The molecule has 0 saturated carbocycles. The molecule has 0 saturated heterocycles. The average Bonchev–Trinajstić information content (AvgIpc) is 2.45. The molecule has 0 aliphatic carbocycles. The highest BCUT2D eigenvalue weighted by atomic mass is 19.4. The minimum Gasteiger partial charge on any atom is -0.306 e. The lowest BCUT2D eigenvalue weighted by Gasteiger charge is -2.22. The molecule has 112 valence electrons. The molecule has 0 bridgehead atoms. The second kappa shape index (κ2) is 6.22. The monoisotopic (exact) mass is 298 g/mol. The van der Waals surface area contributed by atoms with Gasteiger partial charge in [0.05, 0.1) is 11.6 Å². The van der Waals surface area contributed by atoms with Gasteiger partial charge in [-0.25, -0.2) is 4.39 Å². The number of hydrogen-bond acceptors (Lipinski definition) is 2. The van der Waals surface area contributed by atoms with E-state index in [2.05, 4.69) is 10.3 Å². The van der Waals surface area contributed by atoms with Crippen molar-refractivity contribution in [3.05, 3.63) is 65.2 Å². The van der Waals surface area contributed by atoms with Gasteiger partial charge in [-0.05, 0) is 18.7 Å². The Morgan fingerprint density at radius 3 is 2.48 bits per heavy atom. The minimum absolute atomic E-state index is 0.0862. The first-order valence-electron chi connectivity index (χ1n) is 6.44. The number of alkyl halides is 3. The molecule has 0 fully saturated rings. The van der Waals surface area contributed by atoms with Gasteiger partial charge < -0.3 is 5.32 Å². The van der Waals surface area contributed by atoms with E-state index < -0.39 is 23.6 Å². The van der Waals surface area contributed by atoms with Crippen molar-refractivity contribution in [3.8, 4) is 0 Å². The van der Waals surface area contributed by atoms with Gasteiger partial charge in [-0.3, -0.25) is 4.98 Å². The van der Waals surface area contributed by atoms with Crippen LogP contribution in [0.5, 0.6) is 0 Å². The van der Waals surface area contributed by atoms with Crippen LogP contribution in [0.4, 0.5) is 17.6 Å². The van der Waals surface area contributed by atoms with Gasteiger partial charge in [-0.1, -0.05) is 25.1 Å². The Morgan fingerprint density at radius 2 is 1.86 bits per heavy atom. The standard InChI is InChI=1S/C15H14F4N2/c1-2-21-14(10-5-3-4-6-13(10)16)11-9-20-8-7-12(11)15(17,18)19/h3-9,14,21H,2H2,1H3. The second-order valence-electron chi connectivity index (χ2n) is 4.47. The lowest BCUT2D eigenvalue weighted by atomic mass is 9.95. The maximum absolute atomic E-state index is 13.9. The molecule has 1 aromatic carbocycles. The van der Waals surface area contributed by atoms with Crippen molar-refractivity contribution < 1.29 is 17.6 Å². The largest absolute Gasteiger partial charge is 0.416 e. The maximum Gasteiger partial charge on any atom is 0.416 e. The van der Waals surface area contributed by atoms with E-state index in [1.54, 1.807) is 13.0 Å². The highest BCUT2D eigenvalue weighted by Crippen LogP contribution is 2.36. The van der Waals surface area contributed by atoms with E-state index >= 15 is 0 Å². The van der Waals surface area contributed by atoms with Crippen LogP contribution < -0.4 is 5.32 Å². The van der Waals surface area contributed by atoms with E-state index in [1.807, 2.05) is 0 Å². The Kier molecular flexibility index (Phi) is 4.57. The van der Waals surface area contributed by atoms with Crippen molar-refractivity contribution in [1.82, 2.24) is 10.3 Å². The van der Waals surface area contributed by atoms with Crippen molar-refractivity contribution in [2.24, 2.45) is 0 Å². The van der Waals surface area contributed by atoms with Crippen molar-refractivity contribution in [1.29, 1.82) is 0 Å². The summed E-state index contributed by atoms with van der Waals surface area (Å²) in [6, 6.07) is 5.78. The summed E-state index contributed by atoms with van der Waals surface area (Å²) in [5.74, 6) is -0.555. The highest BCUT2D eigenvalue weighted by molar-refractivity contribution is 5.37. The predicted molar refractivity (Wildman–Crippen MR) is 71.2 cm³/mol. The Labute approximate surface area is 119 Å². The zero-order valence-corrected chi connectivity index (χ0v) is 11.3.